The SMILES string of the molecule is Fc1cc(NSc2ccccc2Cl)ccc1Oc1ccncc1-c1ccnc(NC2CC3(CNC3)C2)n1. The summed E-state index contributed by atoms with van der Waals surface area (Å²) in [5, 5.41) is 7.41. The summed E-state index contributed by atoms with van der Waals surface area (Å²) in [5.41, 5.74) is 2.35. The summed E-state index contributed by atoms with van der Waals surface area (Å²) >= 11 is 7.50. The van der Waals surface area contributed by atoms with Crippen LogP contribution in [0.2, 0.25) is 5.02 Å². The van der Waals surface area contributed by atoms with Gasteiger partial charge in [0.15, 0.2) is 11.6 Å². The molecule has 37 heavy (non-hydrogen) atoms. The zero-order chi connectivity index (χ0) is 25.2. The highest BCUT2D eigenvalue weighted by Gasteiger charge is 2.48. The summed E-state index contributed by atoms with van der Waals surface area (Å²) in [5.74, 6) is 0.619. The maximum atomic E-state index is 15.0. The van der Waals surface area contributed by atoms with Crippen LogP contribution in [0.3, 0.4) is 0 Å². The Morgan fingerprint density at radius 3 is 2.70 bits per heavy atom. The van der Waals surface area contributed by atoms with Crippen molar-refractivity contribution in [2.45, 2.75) is 23.8 Å². The first-order valence-electron chi connectivity index (χ1n) is 12.0. The Bertz CT molecular complexity index is 1430. The third-order valence-corrected chi connectivity index (χ3v) is 8.03. The van der Waals surface area contributed by atoms with Crippen molar-refractivity contribution in [1.82, 2.24) is 20.3 Å². The Balaban J connectivity index is 1.15. The minimum atomic E-state index is -0.498. The van der Waals surface area contributed by atoms with Gasteiger partial charge in [0.1, 0.15) is 5.75 Å². The Morgan fingerprint density at radius 2 is 1.92 bits per heavy atom. The van der Waals surface area contributed by atoms with E-state index in [1.165, 1.54) is 18.0 Å². The summed E-state index contributed by atoms with van der Waals surface area (Å²) < 4.78 is 24.1. The standard InChI is InChI=1S/C27H24ClFN6OS/c28-20-3-1-2-4-25(20)37-35-17-5-6-24(21(29)11-17)36-23-8-9-30-14-19(23)22-7-10-32-26(34-22)33-18-12-27(13-18)15-31-16-27/h1-11,14,18,31,35H,12-13,15-16H2,(H,32,33,34). The number of nitrogens with zero attached hydrogens (tertiary/aromatic N) is 3. The molecule has 2 aromatic carbocycles. The zero-order valence-corrected chi connectivity index (χ0v) is 21.3. The molecule has 1 saturated heterocycles. The molecule has 0 radical (unpaired) electrons. The molecule has 0 unspecified atom stereocenters. The van der Waals surface area contributed by atoms with Crippen molar-refractivity contribution < 1.29 is 9.13 Å². The van der Waals surface area contributed by atoms with Crippen molar-refractivity contribution in [3.05, 3.63) is 84.0 Å². The van der Waals surface area contributed by atoms with Crippen LogP contribution in [0.25, 0.3) is 11.3 Å². The van der Waals surface area contributed by atoms with Crippen molar-refractivity contribution in [3.8, 4) is 22.8 Å². The van der Waals surface area contributed by atoms with Crippen molar-refractivity contribution in [2.24, 2.45) is 5.41 Å². The van der Waals surface area contributed by atoms with Crippen LogP contribution >= 0.6 is 23.5 Å². The largest absolute Gasteiger partial charge is 0.453 e. The van der Waals surface area contributed by atoms with Crippen LogP contribution in [0.4, 0.5) is 16.0 Å². The van der Waals surface area contributed by atoms with Gasteiger partial charge in [-0.15, -0.1) is 0 Å². The van der Waals surface area contributed by atoms with E-state index in [0.29, 0.717) is 45.1 Å². The summed E-state index contributed by atoms with van der Waals surface area (Å²) in [6, 6.07) is 16.0. The molecule has 3 heterocycles. The van der Waals surface area contributed by atoms with E-state index in [1.807, 2.05) is 24.3 Å². The van der Waals surface area contributed by atoms with Gasteiger partial charge in [0, 0.05) is 54.4 Å². The van der Waals surface area contributed by atoms with Crippen LogP contribution in [0, 0.1) is 11.2 Å². The van der Waals surface area contributed by atoms with Gasteiger partial charge < -0.3 is 20.1 Å². The van der Waals surface area contributed by atoms with Crippen LogP contribution in [-0.2, 0) is 0 Å². The zero-order valence-electron chi connectivity index (χ0n) is 19.7. The van der Waals surface area contributed by atoms with Crippen LogP contribution in [0.5, 0.6) is 11.5 Å². The second-order valence-corrected chi connectivity index (χ2v) is 10.6. The van der Waals surface area contributed by atoms with Crippen LogP contribution < -0.4 is 20.1 Å². The fraction of sp³-hybridized carbons (Fsp3) is 0.222. The molecule has 4 aromatic rings. The molecule has 2 fully saturated rings. The van der Waals surface area contributed by atoms with Crippen molar-refractivity contribution in [3.63, 3.8) is 0 Å². The topological polar surface area (TPSA) is 84.0 Å². The average Bonchev–Trinajstić information content (AvgIpc) is 2.86. The molecule has 0 amide bonds. The number of halogens is 2. The Kier molecular flexibility index (Phi) is 6.58. The molecule has 1 spiro atoms. The predicted molar refractivity (Wildman–Crippen MR) is 145 cm³/mol. The first kappa shape index (κ1) is 24.0. The molecular formula is C27H24ClFN6OS. The molecule has 0 atom stereocenters. The monoisotopic (exact) mass is 534 g/mol. The van der Waals surface area contributed by atoms with Crippen molar-refractivity contribution >= 4 is 35.2 Å². The molecule has 2 aliphatic rings. The second-order valence-electron chi connectivity index (χ2n) is 9.37. The molecule has 188 valence electrons. The molecule has 7 nitrogen and oxygen atoms in total. The second kappa shape index (κ2) is 10.2. The lowest BCUT2D eigenvalue weighted by atomic mass is 9.62. The number of aromatic nitrogens is 3. The fourth-order valence-corrected chi connectivity index (χ4v) is 5.60. The van der Waals surface area contributed by atoms with E-state index in [4.69, 9.17) is 16.3 Å². The first-order chi connectivity index (χ1) is 18.1. The number of anilines is 2. The minimum Gasteiger partial charge on any atom is -0.453 e. The van der Waals surface area contributed by atoms with E-state index < -0.39 is 5.82 Å². The van der Waals surface area contributed by atoms with Gasteiger partial charge in [-0.3, -0.25) is 4.98 Å². The van der Waals surface area contributed by atoms with Crippen LogP contribution in [-0.4, -0.2) is 34.1 Å². The van der Waals surface area contributed by atoms with E-state index in [1.54, 1.807) is 42.9 Å². The Labute approximate surface area is 223 Å². The van der Waals surface area contributed by atoms with E-state index in [2.05, 4.69) is 30.3 Å². The molecule has 10 heteroatoms. The highest BCUT2D eigenvalue weighted by atomic mass is 35.5. The summed E-state index contributed by atoms with van der Waals surface area (Å²) in [6.07, 6.45) is 7.21. The first-order valence-corrected chi connectivity index (χ1v) is 13.2. The smallest absolute Gasteiger partial charge is 0.223 e. The Hall–Kier alpha value is -3.40. The third-order valence-electron chi connectivity index (χ3n) is 6.67. The van der Waals surface area contributed by atoms with Crippen molar-refractivity contribution in [1.29, 1.82) is 0 Å². The lowest BCUT2D eigenvalue weighted by Gasteiger charge is -2.54. The minimum absolute atomic E-state index is 0.0991. The van der Waals surface area contributed by atoms with Gasteiger partial charge >= 0.3 is 0 Å². The number of nitrogens with one attached hydrogen (secondary N) is 3. The predicted octanol–water partition coefficient (Wildman–Crippen LogP) is 6.41. The quantitative estimate of drug-likeness (QED) is 0.224. The third kappa shape index (κ3) is 5.20. The van der Waals surface area contributed by atoms with Crippen LogP contribution in [0.1, 0.15) is 12.8 Å². The summed E-state index contributed by atoms with van der Waals surface area (Å²) in [4.78, 5) is 14.1. The van der Waals surface area contributed by atoms with Crippen LogP contribution in [0.15, 0.2) is 78.1 Å². The highest BCUT2D eigenvalue weighted by Crippen LogP contribution is 2.45. The van der Waals surface area contributed by atoms with Crippen molar-refractivity contribution in [2.75, 3.05) is 23.1 Å². The number of hydrogen-bond donors (Lipinski definition) is 3. The summed E-state index contributed by atoms with van der Waals surface area (Å²) in [7, 11) is 0. The lowest BCUT2D eigenvalue weighted by Crippen LogP contribution is -2.63. The van der Waals surface area contributed by atoms with E-state index in [-0.39, 0.29) is 5.75 Å². The molecule has 6 rings (SSSR count). The molecule has 1 aliphatic carbocycles. The van der Waals surface area contributed by atoms with Gasteiger partial charge in [-0.25, -0.2) is 14.4 Å². The molecule has 1 saturated carbocycles. The highest BCUT2D eigenvalue weighted by molar-refractivity contribution is 8.00. The normalized spacial score (nSPS) is 16.1. The maximum absolute atomic E-state index is 15.0. The van der Waals surface area contributed by atoms with E-state index >= 15 is 0 Å². The number of pyridine rings is 1. The molecule has 0 bridgehead atoms. The molecule has 2 aromatic heterocycles. The molecule has 3 N–H and O–H groups in total. The van der Waals surface area contributed by atoms with Gasteiger partial charge in [-0.05, 0) is 66.6 Å². The lowest BCUT2D eigenvalue weighted by molar-refractivity contribution is 0.0468. The number of ether oxygens (including phenoxy) is 1. The van der Waals surface area contributed by atoms with Gasteiger partial charge in [-0.1, -0.05) is 23.7 Å². The molecular weight excluding hydrogens is 511 g/mol. The maximum Gasteiger partial charge on any atom is 0.223 e. The number of hydrogen-bond acceptors (Lipinski definition) is 8. The van der Waals surface area contributed by atoms with Gasteiger partial charge in [0.05, 0.1) is 16.3 Å². The number of rotatable bonds is 8. The van der Waals surface area contributed by atoms with Gasteiger partial charge in [-0.2, -0.15) is 0 Å². The molecule has 1 aliphatic heterocycles. The van der Waals surface area contributed by atoms with Gasteiger partial charge in [0.25, 0.3) is 0 Å². The van der Waals surface area contributed by atoms with E-state index in [0.717, 1.165) is 30.8 Å². The number of benzene rings is 2. The summed E-state index contributed by atoms with van der Waals surface area (Å²) in [6.45, 7) is 2.19. The van der Waals surface area contributed by atoms with E-state index in [9.17, 15) is 4.39 Å². The van der Waals surface area contributed by atoms with Gasteiger partial charge in [0.2, 0.25) is 5.95 Å². The average molecular weight is 535 g/mol. The fourth-order valence-electron chi connectivity index (χ4n) is 4.69. The Morgan fingerprint density at radius 1 is 1.05 bits per heavy atom.